The minimum atomic E-state index is -0.632. The highest BCUT2D eigenvalue weighted by atomic mass is 35.5. The first-order chi connectivity index (χ1) is 15.9. The number of nitro benzene ring substituents is 1. The molecule has 0 N–H and O–H groups in total. The molecule has 1 amide bonds. The molecule has 1 aliphatic rings. The number of benzene rings is 2. The summed E-state index contributed by atoms with van der Waals surface area (Å²) in [5, 5.41) is 17.0. The molecule has 0 bridgehead atoms. The van der Waals surface area contributed by atoms with Gasteiger partial charge in [0, 0.05) is 23.6 Å². The van der Waals surface area contributed by atoms with Crippen molar-refractivity contribution in [3.05, 3.63) is 99.0 Å². The van der Waals surface area contributed by atoms with E-state index >= 15 is 0 Å². The van der Waals surface area contributed by atoms with Crippen molar-refractivity contribution in [2.75, 3.05) is 6.61 Å². The number of ether oxygens (including phenoxy) is 1. The van der Waals surface area contributed by atoms with Crippen LogP contribution in [0.15, 0.2) is 76.4 Å². The number of halogens is 1. The Hall–Kier alpha value is -3.98. The first-order valence-corrected chi connectivity index (χ1v) is 10.4. The average molecular weight is 468 g/mol. The van der Waals surface area contributed by atoms with Crippen LogP contribution in [-0.2, 0) is 20.7 Å². The maximum atomic E-state index is 12.9. The summed E-state index contributed by atoms with van der Waals surface area (Å²) in [4.78, 5) is 35.3. The topological polar surface area (TPSA) is 115 Å². The van der Waals surface area contributed by atoms with E-state index < -0.39 is 29.4 Å². The number of carbonyl (C=O) groups is 2. The molecule has 1 aromatic heterocycles. The first kappa shape index (κ1) is 22.2. The van der Waals surface area contributed by atoms with Crippen molar-refractivity contribution in [1.29, 1.82) is 0 Å². The van der Waals surface area contributed by atoms with Crippen LogP contribution in [0.25, 0.3) is 0 Å². The van der Waals surface area contributed by atoms with Gasteiger partial charge >= 0.3 is 5.97 Å². The van der Waals surface area contributed by atoms with Gasteiger partial charge in [-0.1, -0.05) is 35.9 Å². The Morgan fingerprint density at radius 2 is 1.88 bits per heavy atom. The number of hydrogen-bond acceptors (Lipinski definition) is 7. The van der Waals surface area contributed by atoms with Crippen molar-refractivity contribution in [3.8, 4) is 0 Å². The molecule has 0 radical (unpaired) electrons. The minimum absolute atomic E-state index is 0.0744. The van der Waals surface area contributed by atoms with Crippen LogP contribution in [0.2, 0.25) is 5.02 Å². The van der Waals surface area contributed by atoms with Gasteiger partial charge in [0.2, 0.25) is 0 Å². The van der Waals surface area contributed by atoms with Crippen molar-refractivity contribution in [3.63, 3.8) is 0 Å². The molecule has 33 heavy (non-hydrogen) atoms. The van der Waals surface area contributed by atoms with Crippen LogP contribution in [0.3, 0.4) is 0 Å². The van der Waals surface area contributed by atoms with Gasteiger partial charge < -0.3 is 9.15 Å². The number of esters is 1. The predicted molar refractivity (Wildman–Crippen MR) is 119 cm³/mol. The molecular formula is C23H18ClN3O6. The summed E-state index contributed by atoms with van der Waals surface area (Å²) >= 11 is 5.96. The number of rotatable bonds is 7. The lowest BCUT2D eigenvalue weighted by Crippen LogP contribution is -2.31. The Morgan fingerprint density at radius 1 is 1.15 bits per heavy atom. The molecule has 168 valence electrons. The predicted octanol–water partition coefficient (Wildman–Crippen LogP) is 4.30. The summed E-state index contributed by atoms with van der Waals surface area (Å²) in [7, 11) is 0. The number of hydrogen-bond donors (Lipinski definition) is 0. The quantitative estimate of drug-likeness (QED) is 0.290. The maximum absolute atomic E-state index is 12.9. The Labute approximate surface area is 193 Å². The van der Waals surface area contributed by atoms with E-state index in [4.69, 9.17) is 20.8 Å². The first-order valence-electron chi connectivity index (χ1n) is 9.98. The van der Waals surface area contributed by atoms with E-state index in [0.717, 1.165) is 5.56 Å². The van der Waals surface area contributed by atoms with Crippen LogP contribution in [0, 0.1) is 10.1 Å². The van der Waals surface area contributed by atoms with Crippen LogP contribution in [0.4, 0.5) is 5.69 Å². The van der Waals surface area contributed by atoms with E-state index in [1.807, 2.05) is 12.1 Å². The summed E-state index contributed by atoms with van der Waals surface area (Å²) < 4.78 is 10.6. The van der Waals surface area contributed by atoms with Crippen LogP contribution in [0.1, 0.15) is 29.3 Å². The fourth-order valence-corrected chi connectivity index (χ4v) is 3.55. The lowest BCUT2D eigenvalue weighted by molar-refractivity contribution is -0.384. The molecule has 2 heterocycles. The van der Waals surface area contributed by atoms with Crippen molar-refractivity contribution < 1.29 is 23.7 Å². The Balaban J connectivity index is 1.42. The van der Waals surface area contributed by atoms with Gasteiger partial charge in [-0.25, -0.2) is 5.01 Å². The third-order valence-electron chi connectivity index (χ3n) is 5.07. The zero-order chi connectivity index (χ0) is 23.4. The fourth-order valence-electron chi connectivity index (χ4n) is 3.42. The van der Waals surface area contributed by atoms with Gasteiger partial charge in [-0.2, -0.15) is 5.10 Å². The molecule has 9 nitrogen and oxygen atoms in total. The Kier molecular flexibility index (Phi) is 6.50. The molecule has 0 aliphatic carbocycles. The van der Waals surface area contributed by atoms with Gasteiger partial charge in [-0.05, 0) is 35.4 Å². The summed E-state index contributed by atoms with van der Waals surface area (Å²) in [5.74, 6) is -0.571. The van der Waals surface area contributed by atoms with Crippen LogP contribution in [-0.4, -0.2) is 34.1 Å². The van der Waals surface area contributed by atoms with E-state index in [-0.39, 0.29) is 12.1 Å². The van der Waals surface area contributed by atoms with Gasteiger partial charge in [0.25, 0.3) is 11.6 Å². The summed E-state index contributed by atoms with van der Waals surface area (Å²) in [6.45, 7) is -0.500. The minimum Gasteiger partial charge on any atom is -0.467 e. The molecule has 1 atom stereocenters. The number of nitro groups is 1. The third-order valence-corrected chi connectivity index (χ3v) is 5.32. The third kappa shape index (κ3) is 5.27. The molecular weight excluding hydrogens is 450 g/mol. The van der Waals surface area contributed by atoms with Crippen molar-refractivity contribution >= 4 is 34.9 Å². The molecule has 1 unspecified atom stereocenters. The van der Waals surface area contributed by atoms with E-state index in [0.29, 0.717) is 28.5 Å². The number of hydrazone groups is 1. The second-order valence-electron chi connectivity index (χ2n) is 7.29. The monoisotopic (exact) mass is 467 g/mol. The van der Waals surface area contributed by atoms with Crippen LogP contribution in [0.5, 0.6) is 0 Å². The molecule has 0 saturated heterocycles. The number of nitrogens with zero attached hydrogens (tertiary/aromatic N) is 3. The smallest absolute Gasteiger partial charge is 0.310 e. The summed E-state index contributed by atoms with van der Waals surface area (Å²) in [6, 6.07) is 15.7. The molecule has 2 aromatic carbocycles. The SMILES string of the molecule is O=C(Cc1ccc([N+](=O)[O-])cc1)OCC(=O)N1N=C(c2ccc(Cl)cc2)CC1c1ccco1. The number of non-ortho nitro benzene ring substituents is 1. The molecule has 0 saturated carbocycles. The van der Waals surface area contributed by atoms with Gasteiger partial charge in [-0.15, -0.1) is 0 Å². The van der Waals surface area contributed by atoms with E-state index in [9.17, 15) is 19.7 Å². The van der Waals surface area contributed by atoms with Crippen molar-refractivity contribution in [2.24, 2.45) is 5.10 Å². The zero-order valence-electron chi connectivity index (χ0n) is 17.2. The number of furan rings is 1. The Bertz CT molecular complexity index is 1190. The zero-order valence-corrected chi connectivity index (χ0v) is 18.0. The molecule has 3 aromatic rings. The fraction of sp³-hybridized carbons (Fsp3) is 0.174. The summed E-state index contributed by atoms with van der Waals surface area (Å²) in [6.07, 6.45) is 1.83. The van der Waals surface area contributed by atoms with Gasteiger partial charge in [-0.3, -0.25) is 19.7 Å². The number of amides is 1. The highest BCUT2D eigenvalue weighted by Crippen LogP contribution is 2.33. The second kappa shape index (κ2) is 9.66. The van der Waals surface area contributed by atoms with E-state index in [1.165, 1.54) is 35.5 Å². The highest BCUT2D eigenvalue weighted by molar-refractivity contribution is 6.30. The van der Waals surface area contributed by atoms with E-state index in [1.54, 1.807) is 24.3 Å². The molecule has 0 spiro atoms. The molecule has 10 heteroatoms. The van der Waals surface area contributed by atoms with Crippen molar-refractivity contribution in [1.82, 2.24) is 5.01 Å². The molecule has 1 aliphatic heterocycles. The second-order valence-corrected chi connectivity index (χ2v) is 7.72. The van der Waals surface area contributed by atoms with Crippen LogP contribution < -0.4 is 0 Å². The van der Waals surface area contributed by atoms with E-state index in [2.05, 4.69) is 5.10 Å². The normalized spacial score (nSPS) is 15.2. The van der Waals surface area contributed by atoms with Gasteiger partial charge in [0.15, 0.2) is 6.61 Å². The van der Waals surface area contributed by atoms with Gasteiger partial charge in [0.1, 0.15) is 11.8 Å². The highest BCUT2D eigenvalue weighted by Gasteiger charge is 2.35. The molecule has 4 rings (SSSR count). The number of carbonyl (C=O) groups excluding carboxylic acids is 2. The summed E-state index contributed by atoms with van der Waals surface area (Å²) in [5.41, 5.74) is 1.96. The average Bonchev–Trinajstić information content (AvgIpc) is 3.48. The maximum Gasteiger partial charge on any atom is 0.310 e. The lowest BCUT2D eigenvalue weighted by Gasteiger charge is -2.19. The van der Waals surface area contributed by atoms with Crippen LogP contribution >= 0.6 is 11.6 Å². The lowest BCUT2D eigenvalue weighted by atomic mass is 10.0. The van der Waals surface area contributed by atoms with Gasteiger partial charge in [0.05, 0.1) is 23.3 Å². The molecule has 0 fully saturated rings. The largest absolute Gasteiger partial charge is 0.467 e. The Morgan fingerprint density at radius 3 is 2.52 bits per heavy atom. The van der Waals surface area contributed by atoms with Crippen molar-refractivity contribution in [2.45, 2.75) is 18.9 Å². The standard InChI is InChI=1S/C23H18ClN3O6/c24-17-7-5-16(6-8-17)19-13-20(21-2-1-11-32-21)26(25-19)22(28)14-33-23(29)12-15-3-9-18(10-4-15)27(30)31/h1-11,20H,12-14H2.